The van der Waals surface area contributed by atoms with E-state index in [9.17, 15) is 9.18 Å². The first-order valence-corrected chi connectivity index (χ1v) is 16.4. The van der Waals surface area contributed by atoms with Crippen molar-refractivity contribution in [1.29, 1.82) is 0 Å². The maximum atomic E-state index is 14.5. The third-order valence-corrected chi connectivity index (χ3v) is 11.5. The van der Waals surface area contributed by atoms with Crippen LogP contribution in [0.3, 0.4) is 0 Å². The minimum atomic E-state index is -0.336. The van der Waals surface area contributed by atoms with E-state index in [1.807, 2.05) is 18.2 Å². The number of fused-ring (bicyclic) bond motifs is 4. The van der Waals surface area contributed by atoms with E-state index in [2.05, 4.69) is 40.9 Å². The fourth-order valence-electron chi connectivity index (χ4n) is 8.45. The number of aryl methyl sites for hydroxylation is 2. The van der Waals surface area contributed by atoms with Gasteiger partial charge in [0.05, 0.1) is 30.4 Å². The Kier molecular flexibility index (Phi) is 7.63. The van der Waals surface area contributed by atoms with Crippen LogP contribution in [0.25, 0.3) is 10.9 Å². The van der Waals surface area contributed by atoms with Crippen LogP contribution < -0.4 is 15.6 Å². The van der Waals surface area contributed by atoms with Crippen molar-refractivity contribution in [1.82, 2.24) is 19.4 Å². The fourth-order valence-corrected chi connectivity index (χ4v) is 8.45. The number of hydrogen-bond acceptors (Lipinski definition) is 5. The molecule has 5 atom stereocenters. The van der Waals surface area contributed by atoms with Gasteiger partial charge in [0.25, 0.3) is 5.56 Å². The van der Waals surface area contributed by atoms with Crippen LogP contribution in [0, 0.1) is 29.0 Å². The van der Waals surface area contributed by atoms with Crippen LogP contribution >= 0.6 is 0 Å². The first-order chi connectivity index (χ1) is 21.2. The summed E-state index contributed by atoms with van der Waals surface area (Å²) in [6, 6.07) is 11.5. The number of aromatic nitrogens is 2. The standard InChI is InChI=1S/C35H45FN6O2.H2/c1-22-29-16-24(35(29,2)3)17-31(22)39-34(41-15-14-40-12-5-6-26(40)20-41)38-25-8-10-28-32(18-25)37-21-42(33(28)43)13-11-23-7-9-27(44-4)19-30(23)36;/h7-10,18-19,21-22,24,26,29,31H,5-6,11-17,20H2,1-4H3,(H,38,39);1H/t22-,24-,26?,29?,31-;/m0./s1. The SMILES string of the molecule is COc1ccc(CCn2cnc3cc(NC(=N[C@H]4C[C@@H]5CC([C@@H]4C)C5(C)C)N4CCN5CCCC5C4)ccc3c2=O)c(F)c1.[HH]. The third kappa shape index (κ3) is 5.27. The number of methoxy groups -OCH3 is 1. The number of benzene rings is 2. The predicted molar refractivity (Wildman–Crippen MR) is 175 cm³/mol. The monoisotopic (exact) mass is 602 g/mol. The summed E-state index contributed by atoms with van der Waals surface area (Å²) in [6.45, 7) is 11.9. The number of aliphatic imine (C=N–C) groups is 1. The van der Waals surface area contributed by atoms with Gasteiger partial charge in [0.2, 0.25) is 0 Å². The molecule has 2 unspecified atom stereocenters. The summed E-state index contributed by atoms with van der Waals surface area (Å²) in [5, 5.41) is 4.24. The molecule has 2 saturated heterocycles. The number of anilines is 1. The summed E-state index contributed by atoms with van der Waals surface area (Å²) < 4.78 is 21.1. The average Bonchev–Trinajstić information content (AvgIpc) is 3.49. The van der Waals surface area contributed by atoms with Crippen LogP contribution in [-0.2, 0) is 13.0 Å². The summed E-state index contributed by atoms with van der Waals surface area (Å²) in [6.07, 6.45) is 6.97. The van der Waals surface area contributed by atoms with Crippen molar-refractivity contribution in [3.8, 4) is 5.75 Å². The average molecular weight is 603 g/mol. The number of nitrogens with one attached hydrogen (secondary N) is 1. The molecule has 8 nitrogen and oxygen atoms in total. The highest BCUT2D eigenvalue weighted by Crippen LogP contribution is 2.61. The van der Waals surface area contributed by atoms with Crippen LogP contribution in [-0.4, -0.2) is 70.7 Å². The highest BCUT2D eigenvalue weighted by Gasteiger charge is 2.56. The van der Waals surface area contributed by atoms with Gasteiger partial charge in [0, 0.05) is 45.4 Å². The van der Waals surface area contributed by atoms with E-state index in [0.29, 0.717) is 58.6 Å². The number of piperazine rings is 1. The van der Waals surface area contributed by atoms with E-state index in [1.54, 1.807) is 23.0 Å². The Hall–Kier alpha value is -3.46. The van der Waals surface area contributed by atoms with Crippen LogP contribution in [0.4, 0.5) is 10.1 Å². The van der Waals surface area contributed by atoms with E-state index in [0.717, 1.165) is 49.5 Å². The van der Waals surface area contributed by atoms with Crippen molar-refractivity contribution in [2.24, 2.45) is 28.2 Å². The number of hydrogen-bond donors (Lipinski definition) is 1. The Labute approximate surface area is 260 Å². The molecule has 9 heteroatoms. The van der Waals surface area contributed by atoms with Crippen LogP contribution in [0.1, 0.15) is 53.4 Å². The Morgan fingerprint density at radius 2 is 2.05 bits per heavy atom. The first-order valence-electron chi connectivity index (χ1n) is 16.4. The van der Waals surface area contributed by atoms with Crippen molar-refractivity contribution < 1.29 is 10.6 Å². The number of halogens is 1. The van der Waals surface area contributed by atoms with Gasteiger partial charge in [0.1, 0.15) is 11.6 Å². The lowest BCUT2D eigenvalue weighted by molar-refractivity contribution is -0.108. The topological polar surface area (TPSA) is 75.0 Å². The van der Waals surface area contributed by atoms with Gasteiger partial charge in [-0.25, -0.2) is 14.4 Å². The Morgan fingerprint density at radius 3 is 2.82 bits per heavy atom. The van der Waals surface area contributed by atoms with Gasteiger partial charge in [-0.15, -0.1) is 0 Å². The van der Waals surface area contributed by atoms with E-state index < -0.39 is 0 Å². The van der Waals surface area contributed by atoms with E-state index in [4.69, 9.17) is 9.73 Å². The first kappa shape index (κ1) is 29.3. The largest absolute Gasteiger partial charge is 0.497 e. The van der Waals surface area contributed by atoms with E-state index in [1.165, 1.54) is 39.0 Å². The summed E-state index contributed by atoms with van der Waals surface area (Å²) in [7, 11) is 1.51. The summed E-state index contributed by atoms with van der Waals surface area (Å²) in [4.78, 5) is 28.5. The van der Waals surface area contributed by atoms with Crippen LogP contribution in [0.5, 0.6) is 5.75 Å². The molecule has 0 spiro atoms. The van der Waals surface area contributed by atoms with Crippen molar-refractivity contribution in [3.63, 3.8) is 0 Å². The molecule has 3 heterocycles. The number of rotatable bonds is 6. The lowest BCUT2D eigenvalue weighted by atomic mass is 9.45. The second-order valence-corrected chi connectivity index (χ2v) is 14.1. The maximum Gasteiger partial charge on any atom is 0.261 e. The van der Waals surface area contributed by atoms with Gasteiger partial charge in [-0.2, -0.15) is 0 Å². The molecule has 1 N–H and O–H groups in total. The van der Waals surface area contributed by atoms with Crippen molar-refractivity contribution in [3.05, 3.63) is 64.5 Å². The van der Waals surface area contributed by atoms with Crippen molar-refractivity contribution in [2.45, 2.75) is 71.5 Å². The van der Waals surface area contributed by atoms with Gasteiger partial charge in [-0.3, -0.25) is 14.3 Å². The molecule has 3 aromatic rings. The second kappa shape index (κ2) is 11.5. The van der Waals surface area contributed by atoms with Crippen LogP contribution in [0.15, 0.2) is 52.5 Å². The number of ether oxygens (including phenoxy) is 1. The zero-order valence-electron chi connectivity index (χ0n) is 26.4. The lowest BCUT2D eigenvalue weighted by Crippen LogP contribution is -2.57. The Bertz CT molecular complexity index is 1640. The molecular weight excluding hydrogens is 555 g/mol. The van der Waals surface area contributed by atoms with Gasteiger partial charge in [0.15, 0.2) is 5.96 Å². The van der Waals surface area contributed by atoms with Gasteiger partial charge in [-0.05, 0) is 91.6 Å². The predicted octanol–water partition coefficient (Wildman–Crippen LogP) is 5.65. The minimum Gasteiger partial charge on any atom is -0.497 e. The minimum absolute atomic E-state index is 0. The molecule has 0 amide bonds. The highest BCUT2D eigenvalue weighted by atomic mass is 19.1. The molecule has 5 fully saturated rings. The summed E-state index contributed by atoms with van der Waals surface area (Å²) >= 11 is 0. The molecule has 2 bridgehead atoms. The van der Waals surface area contributed by atoms with Gasteiger partial charge >= 0.3 is 0 Å². The molecule has 2 aromatic carbocycles. The van der Waals surface area contributed by atoms with E-state index >= 15 is 0 Å². The van der Waals surface area contributed by atoms with Gasteiger partial charge < -0.3 is 15.0 Å². The zero-order chi connectivity index (χ0) is 30.6. The molecule has 5 aliphatic rings. The third-order valence-electron chi connectivity index (χ3n) is 11.5. The molecule has 44 heavy (non-hydrogen) atoms. The van der Waals surface area contributed by atoms with Crippen LogP contribution in [0.2, 0.25) is 0 Å². The zero-order valence-corrected chi connectivity index (χ0v) is 26.4. The molecule has 8 rings (SSSR count). The quantitative estimate of drug-likeness (QED) is 0.290. The van der Waals surface area contributed by atoms with E-state index in [-0.39, 0.29) is 12.8 Å². The summed E-state index contributed by atoms with van der Waals surface area (Å²) in [5.74, 6) is 3.14. The second-order valence-electron chi connectivity index (χ2n) is 14.1. The molecule has 1 aromatic heterocycles. The normalized spacial score (nSPS) is 28.1. The Morgan fingerprint density at radius 1 is 1.18 bits per heavy atom. The molecule has 0 radical (unpaired) electrons. The van der Waals surface area contributed by atoms with Crippen molar-refractivity contribution in [2.75, 3.05) is 38.6 Å². The molecule has 2 aliphatic heterocycles. The summed E-state index contributed by atoms with van der Waals surface area (Å²) in [5.41, 5.74) is 2.37. The lowest BCUT2D eigenvalue weighted by Gasteiger charge is -2.61. The Balaban J connectivity index is 0.00000357. The number of nitrogens with zero attached hydrogens (tertiary/aromatic N) is 5. The molecule has 3 aliphatic carbocycles. The smallest absolute Gasteiger partial charge is 0.261 e. The molecule has 3 saturated carbocycles. The fraction of sp³-hybridized carbons (Fsp3) is 0.571. The molecular formula is C35H47FN6O2. The van der Waals surface area contributed by atoms with Gasteiger partial charge in [-0.1, -0.05) is 26.8 Å². The van der Waals surface area contributed by atoms with Crippen molar-refractivity contribution >= 4 is 22.5 Å². The maximum absolute atomic E-state index is 14.5. The number of guanidine groups is 1. The molecule has 236 valence electrons. The highest BCUT2D eigenvalue weighted by molar-refractivity contribution is 5.96.